The Morgan fingerprint density at radius 1 is 0.357 bits per heavy atom. The van der Waals surface area contributed by atoms with E-state index >= 15 is 0 Å². The van der Waals surface area contributed by atoms with Gasteiger partial charge >= 0.3 is 0 Å². The Morgan fingerprint density at radius 2 is 0.911 bits per heavy atom. The molecule has 0 saturated heterocycles. The summed E-state index contributed by atoms with van der Waals surface area (Å²) in [4.78, 5) is 2.56. The molecule has 1 aliphatic heterocycles. The van der Waals surface area contributed by atoms with Crippen LogP contribution in [0.25, 0.3) is 72.0 Å². The summed E-state index contributed by atoms with van der Waals surface area (Å²) in [5.74, 6) is 0.257. The Hall–Kier alpha value is -7.16. The molecule has 264 valence electrons. The van der Waals surface area contributed by atoms with Crippen LogP contribution in [0.3, 0.4) is 0 Å². The number of rotatable bonds is 6. The molecule has 0 fully saturated rings. The van der Waals surface area contributed by atoms with Crippen molar-refractivity contribution in [3.63, 3.8) is 0 Å². The maximum absolute atomic E-state index is 2.56. The van der Waals surface area contributed by atoms with Crippen molar-refractivity contribution in [1.82, 2.24) is 4.57 Å². The molecule has 2 heteroatoms. The van der Waals surface area contributed by atoms with E-state index in [9.17, 15) is 0 Å². The standard InChI is InChI=1S/C54H38N2/c1-3-13-37(14-4-1)39-23-25-41(26-24-39)45-17-7-10-20-50(45)56-52-22-12-9-19-47(52)49-36-43(30-34-54(49)56)42-29-33-53-48(35-42)46-18-8-11-21-51(46)55(53)44-31-27-40(28-32-44)38-15-5-2-6-16-38/h1-36,47,52H. The second kappa shape index (κ2) is 13.3. The number of hydrogen-bond donors (Lipinski definition) is 0. The zero-order valence-corrected chi connectivity index (χ0v) is 30.8. The minimum Gasteiger partial charge on any atom is -0.333 e. The smallest absolute Gasteiger partial charge is 0.0629 e. The molecule has 2 aliphatic rings. The molecule has 11 rings (SSSR count). The molecule has 1 aromatic heterocycles. The summed E-state index contributed by atoms with van der Waals surface area (Å²) in [6, 6.07) is 71.1. The summed E-state index contributed by atoms with van der Waals surface area (Å²) in [5, 5.41) is 2.52. The number of hydrogen-bond acceptors (Lipinski definition) is 1. The number of nitrogens with zero attached hydrogens (tertiary/aromatic N) is 2. The van der Waals surface area contributed by atoms with Crippen molar-refractivity contribution in [3.8, 4) is 50.2 Å². The fraction of sp³-hybridized carbons (Fsp3) is 0.0370. The number of para-hydroxylation sites is 2. The van der Waals surface area contributed by atoms with Gasteiger partial charge in [-0.25, -0.2) is 0 Å². The van der Waals surface area contributed by atoms with Crippen LogP contribution in [0.2, 0.25) is 0 Å². The summed E-state index contributed by atoms with van der Waals surface area (Å²) in [6.07, 6.45) is 9.16. The van der Waals surface area contributed by atoms with Crippen LogP contribution in [-0.4, -0.2) is 10.6 Å². The van der Waals surface area contributed by atoms with Gasteiger partial charge < -0.3 is 9.47 Å². The topological polar surface area (TPSA) is 8.17 Å². The maximum atomic E-state index is 2.56. The fourth-order valence-corrected chi connectivity index (χ4v) is 9.07. The van der Waals surface area contributed by atoms with Gasteiger partial charge in [-0.15, -0.1) is 0 Å². The normalized spacial score (nSPS) is 15.7. The molecular weight excluding hydrogens is 677 g/mol. The van der Waals surface area contributed by atoms with Crippen molar-refractivity contribution in [2.24, 2.45) is 0 Å². The van der Waals surface area contributed by atoms with E-state index in [4.69, 9.17) is 0 Å². The molecular formula is C54H38N2. The third kappa shape index (κ3) is 5.33. The van der Waals surface area contributed by atoms with Crippen LogP contribution in [0.5, 0.6) is 0 Å². The van der Waals surface area contributed by atoms with Gasteiger partial charge in [0.15, 0.2) is 0 Å². The lowest BCUT2D eigenvalue weighted by atomic mass is 9.89. The summed E-state index contributed by atoms with van der Waals surface area (Å²) >= 11 is 0. The van der Waals surface area contributed by atoms with Gasteiger partial charge in [0.25, 0.3) is 0 Å². The van der Waals surface area contributed by atoms with E-state index in [1.807, 2.05) is 0 Å². The van der Waals surface area contributed by atoms with E-state index in [0.29, 0.717) is 0 Å². The molecule has 56 heavy (non-hydrogen) atoms. The lowest BCUT2D eigenvalue weighted by molar-refractivity contribution is 0.745. The highest BCUT2D eigenvalue weighted by atomic mass is 15.2. The lowest BCUT2D eigenvalue weighted by Crippen LogP contribution is -2.28. The van der Waals surface area contributed by atoms with Crippen molar-refractivity contribution in [3.05, 3.63) is 224 Å². The third-order valence-electron chi connectivity index (χ3n) is 11.8. The molecule has 0 radical (unpaired) electrons. The second-order valence-electron chi connectivity index (χ2n) is 14.9. The predicted octanol–water partition coefficient (Wildman–Crippen LogP) is 14.2. The zero-order chi connectivity index (χ0) is 37.0. The lowest BCUT2D eigenvalue weighted by Gasteiger charge is -2.30. The molecule has 2 unspecified atom stereocenters. The quantitative estimate of drug-likeness (QED) is 0.166. The molecule has 0 bridgehead atoms. The number of fused-ring (bicyclic) bond motifs is 6. The predicted molar refractivity (Wildman–Crippen MR) is 236 cm³/mol. The number of allylic oxidation sites excluding steroid dienone is 2. The summed E-state index contributed by atoms with van der Waals surface area (Å²) in [6.45, 7) is 0. The van der Waals surface area contributed by atoms with Gasteiger partial charge in [-0.2, -0.15) is 0 Å². The molecule has 0 amide bonds. The summed E-state index contributed by atoms with van der Waals surface area (Å²) in [7, 11) is 0. The van der Waals surface area contributed by atoms with Crippen molar-refractivity contribution in [2.45, 2.75) is 12.0 Å². The van der Waals surface area contributed by atoms with Crippen LogP contribution < -0.4 is 4.90 Å². The fourth-order valence-electron chi connectivity index (χ4n) is 9.07. The van der Waals surface area contributed by atoms with Gasteiger partial charge in [-0.3, -0.25) is 0 Å². The van der Waals surface area contributed by atoms with Crippen LogP contribution >= 0.6 is 0 Å². The molecule has 2 nitrogen and oxygen atoms in total. The minimum absolute atomic E-state index is 0.198. The van der Waals surface area contributed by atoms with Crippen molar-refractivity contribution >= 4 is 33.2 Å². The molecule has 8 aromatic carbocycles. The van der Waals surface area contributed by atoms with E-state index < -0.39 is 0 Å². The summed E-state index contributed by atoms with van der Waals surface area (Å²) in [5.41, 5.74) is 17.3. The van der Waals surface area contributed by atoms with Gasteiger partial charge in [0, 0.05) is 39.3 Å². The van der Waals surface area contributed by atoms with Crippen molar-refractivity contribution < 1.29 is 0 Å². The molecule has 0 N–H and O–H groups in total. The van der Waals surface area contributed by atoms with Crippen LogP contribution in [0.1, 0.15) is 11.5 Å². The zero-order valence-electron chi connectivity index (χ0n) is 30.8. The van der Waals surface area contributed by atoms with E-state index in [1.54, 1.807) is 0 Å². The molecule has 2 atom stereocenters. The highest BCUT2D eigenvalue weighted by molar-refractivity contribution is 6.10. The Bertz CT molecular complexity index is 2950. The van der Waals surface area contributed by atoms with Gasteiger partial charge in [-0.1, -0.05) is 170 Å². The SMILES string of the molecule is C1=CC2c3cc(-c4ccc5c(c4)c4ccccc4n5-c4ccc(-c5ccccc5)cc4)ccc3N(c3ccccc3-c3ccc(-c4ccccc4)cc3)C2C=C1. The third-order valence-corrected chi connectivity index (χ3v) is 11.8. The first-order valence-electron chi connectivity index (χ1n) is 19.5. The van der Waals surface area contributed by atoms with Crippen molar-refractivity contribution in [1.29, 1.82) is 0 Å². The highest BCUT2D eigenvalue weighted by Gasteiger charge is 2.38. The van der Waals surface area contributed by atoms with Gasteiger partial charge in [0.05, 0.1) is 17.1 Å². The first kappa shape index (κ1) is 32.3. The Morgan fingerprint density at radius 3 is 1.68 bits per heavy atom. The van der Waals surface area contributed by atoms with Gasteiger partial charge in [0.2, 0.25) is 0 Å². The van der Waals surface area contributed by atoms with Gasteiger partial charge in [-0.05, 0) is 93.0 Å². The van der Waals surface area contributed by atoms with Crippen LogP contribution in [-0.2, 0) is 0 Å². The molecule has 9 aromatic rings. The average Bonchev–Trinajstić information content (AvgIpc) is 3.79. The first-order valence-corrected chi connectivity index (χ1v) is 19.5. The second-order valence-corrected chi connectivity index (χ2v) is 14.9. The Balaban J connectivity index is 0.979. The number of anilines is 2. The molecule has 0 spiro atoms. The van der Waals surface area contributed by atoms with Crippen molar-refractivity contribution in [2.75, 3.05) is 4.90 Å². The monoisotopic (exact) mass is 714 g/mol. The van der Waals surface area contributed by atoms with Crippen LogP contribution in [0.4, 0.5) is 11.4 Å². The largest absolute Gasteiger partial charge is 0.333 e. The minimum atomic E-state index is 0.198. The molecule has 2 heterocycles. The number of benzene rings is 8. The van der Waals surface area contributed by atoms with E-state index in [1.165, 1.54) is 83.3 Å². The summed E-state index contributed by atoms with van der Waals surface area (Å²) < 4.78 is 2.40. The molecule has 1 aliphatic carbocycles. The number of aromatic nitrogens is 1. The van der Waals surface area contributed by atoms with E-state index in [0.717, 1.165) is 5.69 Å². The Kier molecular flexibility index (Phi) is 7.67. The van der Waals surface area contributed by atoms with Crippen LogP contribution in [0, 0.1) is 0 Å². The molecule has 0 saturated carbocycles. The average molecular weight is 715 g/mol. The Labute approximate surface area is 327 Å². The van der Waals surface area contributed by atoms with E-state index in [-0.39, 0.29) is 12.0 Å². The van der Waals surface area contributed by atoms with E-state index in [2.05, 4.69) is 228 Å². The van der Waals surface area contributed by atoms with Crippen LogP contribution in [0.15, 0.2) is 218 Å². The highest BCUT2D eigenvalue weighted by Crippen LogP contribution is 2.51. The van der Waals surface area contributed by atoms with Gasteiger partial charge in [0.1, 0.15) is 0 Å². The first-order chi connectivity index (χ1) is 27.8. The maximum Gasteiger partial charge on any atom is 0.0629 e.